The molecule has 0 bridgehead atoms. The van der Waals surface area contributed by atoms with Gasteiger partial charge in [0.25, 0.3) is 0 Å². The van der Waals surface area contributed by atoms with E-state index < -0.39 is 0 Å². The number of para-hydroxylation sites is 4. The van der Waals surface area contributed by atoms with Crippen LogP contribution in [0.3, 0.4) is 0 Å². The molecule has 0 fully saturated rings. The molecule has 0 N–H and O–H groups in total. The normalized spacial score (nSPS) is 10.9. The summed E-state index contributed by atoms with van der Waals surface area (Å²) in [6, 6.07) is 58.1. The van der Waals surface area contributed by atoms with Gasteiger partial charge in [-0.25, -0.2) is 0 Å². The van der Waals surface area contributed by atoms with Crippen LogP contribution in [0.5, 0.6) is 0 Å². The summed E-state index contributed by atoms with van der Waals surface area (Å²) in [4.78, 5) is 0. The monoisotopic (exact) mass is 897 g/mol. The molecule has 4 aromatic heterocycles. The summed E-state index contributed by atoms with van der Waals surface area (Å²) in [5, 5.41) is 10.7. The van der Waals surface area contributed by atoms with E-state index in [9.17, 15) is 0 Å². The molecule has 0 saturated carbocycles. The lowest BCUT2D eigenvalue weighted by Crippen LogP contribution is -2.00. The molecule has 12 aromatic rings. The topological polar surface area (TPSA) is 19.7 Å². The molecule has 0 spiro atoms. The number of hydrogen-bond acceptors (Lipinski definition) is 0. The molecule has 0 aliphatic carbocycles. The van der Waals surface area contributed by atoms with Crippen molar-refractivity contribution < 1.29 is 0 Å². The van der Waals surface area contributed by atoms with E-state index in [0.717, 1.165) is 13.1 Å². The third kappa shape index (κ3) is 8.69. The first-order valence-corrected chi connectivity index (χ1v) is 25.1. The van der Waals surface area contributed by atoms with E-state index in [1.807, 2.05) is 55.4 Å². The van der Waals surface area contributed by atoms with Gasteiger partial charge < -0.3 is 18.3 Å². The molecule has 4 nitrogen and oxygen atoms in total. The Kier molecular flexibility index (Phi) is 15.3. The lowest BCUT2D eigenvalue weighted by atomic mass is 10.1. The number of benzene rings is 8. The van der Waals surface area contributed by atoms with Crippen LogP contribution < -0.4 is 0 Å². The SMILES string of the molecule is CC.CC.CC.CC.Cc1cc(C)cc(Cn2c3ccccc3c3c4c(ccc32)c2ccccc2n4C)c1.Cc1cc(C)cc(Cn2c3ccccc3c3c4c5ccccc5n(C)c4ccc32)c1. The molecule has 348 valence electrons. The quantitative estimate of drug-likeness (QED) is 0.168. The molecule has 68 heavy (non-hydrogen) atoms. The Balaban J connectivity index is 0.000000176. The Morgan fingerprint density at radius 1 is 0.294 bits per heavy atom. The van der Waals surface area contributed by atoms with Crippen molar-refractivity contribution in [1.29, 1.82) is 0 Å². The largest absolute Gasteiger partial charge is 0.344 e. The Morgan fingerprint density at radius 3 is 1.12 bits per heavy atom. The molecule has 0 atom stereocenters. The molecule has 0 radical (unpaired) electrons. The summed E-state index contributed by atoms with van der Waals surface area (Å²) in [7, 11) is 4.37. The summed E-state index contributed by atoms with van der Waals surface area (Å²) in [6.07, 6.45) is 0. The minimum atomic E-state index is 0.877. The zero-order valence-electron chi connectivity index (χ0n) is 43.2. The molecular formula is C64H72N4. The van der Waals surface area contributed by atoms with E-state index in [1.54, 1.807) is 0 Å². The highest BCUT2D eigenvalue weighted by Gasteiger charge is 2.20. The third-order valence-electron chi connectivity index (χ3n) is 12.9. The van der Waals surface area contributed by atoms with Crippen molar-refractivity contribution in [3.05, 3.63) is 191 Å². The van der Waals surface area contributed by atoms with Crippen molar-refractivity contribution in [3.8, 4) is 0 Å². The van der Waals surface area contributed by atoms with Crippen LogP contribution >= 0.6 is 0 Å². The minimum absolute atomic E-state index is 0.877. The van der Waals surface area contributed by atoms with Gasteiger partial charge in [0.15, 0.2) is 0 Å². The van der Waals surface area contributed by atoms with Crippen molar-refractivity contribution in [2.24, 2.45) is 14.1 Å². The van der Waals surface area contributed by atoms with E-state index in [4.69, 9.17) is 0 Å². The molecule has 12 rings (SSSR count). The molecule has 4 heteroatoms. The Morgan fingerprint density at radius 2 is 0.632 bits per heavy atom. The van der Waals surface area contributed by atoms with Crippen molar-refractivity contribution in [1.82, 2.24) is 18.3 Å². The number of aromatic nitrogens is 4. The van der Waals surface area contributed by atoms with Crippen molar-refractivity contribution in [3.63, 3.8) is 0 Å². The van der Waals surface area contributed by atoms with Crippen LogP contribution in [0.15, 0.2) is 158 Å². The van der Waals surface area contributed by atoms with Crippen molar-refractivity contribution in [2.45, 2.75) is 96.2 Å². The van der Waals surface area contributed by atoms with Crippen LogP contribution in [-0.2, 0) is 27.2 Å². The van der Waals surface area contributed by atoms with Gasteiger partial charge >= 0.3 is 0 Å². The summed E-state index contributed by atoms with van der Waals surface area (Å²) >= 11 is 0. The van der Waals surface area contributed by atoms with Crippen LogP contribution in [-0.4, -0.2) is 18.3 Å². The van der Waals surface area contributed by atoms with E-state index >= 15 is 0 Å². The molecule has 8 aromatic carbocycles. The van der Waals surface area contributed by atoms with E-state index in [0.29, 0.717) is 0 Å². The number of fused-ring (bicyclic) bond motifs is 14. The van der Waals surface area contributed by atoms with Crippen LogP contribution in [0.1, 0.15) is 88.8 Å². The fourth-order valence-electron chi connectivity index (χ4n) is 10.6. The highest BCUT2D eigenvalue weighted by atomic mass is 15.0. The number of aryl methyl sites for hydroxylation is 6. The number of hydrogen-bond donors (Lipinski definition) is 0. The average molecular weight is 897 g/mol. The predicted molar refractivity (Wildman–Crippen MR) is 302 cm³/mol. The van der Waals surface area contributed by atoms with E-state index in [-0.39, 0.29) is 0 Å². The predicted octanol–water partition coefficient (Wildman–Crippen LogP) is 18.3. The first kappa shape index (κ1) is 48.9. The maximum Gasteiger partial charge on any atom is 0.0590 e. The van der Waals surface area contributed by atoms with Gasteiger partial charge in [0.2, 0.25) is 0 Å². The lowest BCUT2D eigenvalue weighted by Gasteiger charge is -2.10. The van der Waals surface area contributed by atoms with Crippen LogP contribution in [0.2, 0.25) is 0 Å². The highest BCUT2D eigenvalue weighted by molar-refractivity contribution is 6.28. The molecule has 0 amide bonds. The summed E-state index contributed by atoms with van der Waals surface area (Å²) in [6.45, 7) is 26.5. The molecule has 0 aliphatic rings. The summed E-state index contributed by atoms with van der Waals surface area (Å²) in [5.74, 6) is 0. The fraction of sp³-hybridized carbons (Fsp3) is 0.250. The molecule has 0 unspecified atom stereocenters. The maximum absolute atomic E-state index is 2.49. The number of rotatable bonds is 4. The van der Waals surface area contributed by atoms with Crippen LogP contribution in [0.4, 0.5) is 0 Å². The van der Waals surface area contributed by atoms with Gasteiger partial charge in [-0.2, -0.15) is 0 Å². The zero-order valence-corrected chi connectivity index (χ0v) is 43.2. The number of nitrogens with zero attached hydrogens (tertiary/aromatic N) is 4. The maximum atomic E-state index is 2.49. The van der Waals surface area contributed by atoms with Crippen molar-refractivity contribution >= 4 is 87.2 Å². The zero-order chi connectivity index (χ0) is 48.8. The van der Waals surface area contributed by atoms with E-state index in [2.05, 4.69) is 218 Å². The minimum Gasteiger partial charge on any atom is -0.344 e. The second-order valence-corrected chi connectivity index (χ2v) is 17.1. The Bertz CT molecular complexity index is 3630. The molecule has 0 aliphatic heterocycles. The summed E-state index contributed by atoms with van der Waals surface area (Å²) < 4.78 is 9.65. The van der Waals surface area contributed by atoms with Crippen molar-refractivity contribution in [2.75, 3.05) is 0 Å². The van der Waals surface area contributed by atoms with Gasteiger partial charge in [-0.3, -0.25) is 0 Å². The molecule has 4 heterocycles. The van der Waals surface area contributed by atoms with Gasteiger partial charge in [-0.1, -0.05) is 193 Å². The van der Waals surface area contributed by atoms with E-state index in [1.165, 1.54) is 121 Å². The Hall–Kier alpha value is -7.04. The van der Waals surface area contributed by atoms with Gasteiger partial charge in [0, 0.05) is 97.9 Å². The van der Waals surface area contributed by atoms with Crippen LogP contribution in [0, 0.1) is 27.7 Å². The van der Waals surface area contributed by atoms with Gasteiger partial charge in [-0.15, -0.1) is 0 Å². The first-order chi connectivity index (χ1) is 33.2. The lowest BCUT2D eigenvalue weighted by molar-refractivity contribution is 0.866. The third-order valence-corrected chi connectivity index (χ3v) is 12.9. The second-order valence-electron chi connectivity index (χ2n) is 17.1. The van der Waals surface area contributed by atoms with Gasteiger partial charge in [-0.05, 0) is 81.3 Å². The second kappa shape index (κ2) is 21.3. The Labute approximate surface area is 405 Å². The first-order valence-electron chi connectivity index (χ1n) is 25.1. The standard InChI is InChI=1S/2C28H24N2.4C2H6/c1-18-14-19(2)16-20(15-18)17-30-25-11-7-5-9-23(25)27-26(30)13-12-22-21-8-4-6-10-24(21)29(3)28(22)27;1-18-14-19(2)16-20(15-18)17-30-24-11-7-5-9-22(24)28-26(30)13-12-25-27(28)21-8-4-6-10-23(21)29(25)3;4*1-2/h2*4-16H,17H2,1-3H3;4*1-2H3. The van der Waals surface area contributed by atoms with Crippen LogP contribution in [0.25, 0.3) is 87.2 Å². The molecular weight excluding hydrogens is 825 g/mol. The smallest absolute Gasteiger partial charge is 0.0590 e. The van der Waals surface area contributed by atoms with Gasteiger partial charge in [0.05, 0.1) is 16.6 Å². The fourth-order valence-corrected chi connectivity index (χ4v) is 10.6. The van der Waals surface area contributed by atoms with Gasteiger partial charge in [0.1, 0.15) is 0 Å². The highest BCUT2D eigenvalue weighted by Crippen LogP contribution is 2.41. The average Bonchev–Trinajstić information content (AvgIpc) is 4.06. The molecule has 0 saturated heterocycles. The summed E-state index contributed by atoms with van der Waals surface area (Å²) in [5.41, 5.74) is 18.4.